The molecule has 0 atom stereocenters. The van der Waals surface area contributed by atoms with E-state index in [1.165, 1.54) is 5.57 Å². The highest BCUT2D eigenvalue weighted by Crippen LogP contribution is 2.14. The van der Waals surface area contributed by atoms with Crippen LogP contribution in [-0.4, -0.2) is 34.2 Å². The van der Waals surface area contributed by atoms with Gasteiger partial charge < -0.3 is 10.6 Å². The van der Waals surface area contributed by atoms with Gasteiger partial charge in [0.15, 0.2) is 0 Å². The number of anilines is 1. The van der Waals surface area contributed by atoms with Gasteiger partial charge in [-0.15, -0.1) is 0 Å². The van der Waals surface area contributed by atoms with Crippen molar-refractivity contribution < 1.29 is 9.42 Å². The summed E-state index contributed by atoms with van der Waals surface area (Å²) >= 11 is 0. The predicted octanol–water partition coefficient (Wildman–Crippen LogP) is 0.444. The minimum Gasteiger partial charge on any atom is -0.379 e. The Morgan fingerprint density at radius 2 is 2.40 bits per heavy atom. The number of nitrogen functional groups attached to an aromatic ring is 1. The number of amides is 1. The summed E-state index contributed by atoms with van der Waals surface area (Å²) in [7, 11) is 0. The van der Waals surface area contributed by atoms with Crippen LogP contribution in [0, 0.1) is 0 Å². The predicted molar refractivity (Wildman–Crippen MR) is 53.0 cm³/mol. The fraction of sp³-hybridized carbons (Fsp3) is 0.444. The zero-order valence-corrected chi connectivity index (χ0v) is 8.43. The molecule has 1 aliphatic rings. The van der Waals surface area contributed by atoms with Crippen LogP contribution in [0.15, 0.2) is 16.3 Å². The summed E-state index contributed by atoms with van der Waals surface area (Å²) < 4.78 is 4.40. The highest BCUT2D eigenvalue weighted by Gasteiger charge is 2.23. The first kappa shape index (κ1) is 9.70. The van der Waals surface area contributed by atoms with Crippen molar-refractivity contribution >= 4 is 11.7 Å². The SMILES string of the molecule is CC1=CCCN(C(=O)c2nonc2N)C1. The second-order valence-electron chi connectivity index (χ2n) is 3.56. The maximum Gasteiger partial charge on any atom is 0.280 e. The zero-order chi connectivity index (χ0) is 10.8. The van der Waals surface area contributed by atoms with Crippen molar-refractivity contribution in [2.45, 2.75) is 13.3 Å². The van der Waals surface area contributed by atoms with Crippen LogP contribution in [0.5, 0.6) is 0 Å². The summed E-state index contributed by atoms with van der Waals surface area (Å²) in [5, 5.41) is 6.88. The van der Waals surface area contributed by atoms with E-state index >= 15 is 0 Å². The third-order valence-electron chi connectivity index (χ3n) is 2.34. The summed E-state index contributed by atoms with van der Waals surface area (Å²) in [4.78, 5) is 13.6. The van der Waals surface area contributed by atoms with Crippen LogP contribution in [0.3, 0.4) is 0 Å². The molecule has 0 bridgehead atoms. The summed E-state index contributed by atoms with van der Waals surface area (Å²) in [5.74, 6) is -0.173. The number of carbonyl (C=O) groups excluding carboxylic acids is 1. The van der Waals surface area contributed by atoms with Crippen LogP contribution in [0.2, 0.25) is 0 Å². The van der Waals surface area contributed by atoms with Crippen molar-refractivity contribution in [1.29, 1.82) is 0 Å². The highest BCUT2D eigenvalue weighted by atomic mass is 16.6. The lowest BCUT2D eigenvalue weighted by molar-refractivity contribution is 0.0755. The van der Waals surface area contributed by atoms with E-state index in [2.05, 4.69) is 21.0 Å². The average Bonchev–Trinajstić information content (AvgIpc) is 2.63. The van der Waals surface area contributed by atoms with Gasteiger partial charge in [0.2, 0.25) is 11.5 Å². The Kier molecular flexibility index (Phi) is 2.40. The summed E-state index contributed by atoms with van der Waals surface area (Å²) in [5.41, 5.74) is 6.73. The molecule has 6 nitrogen and oxygen atoms in total. The van der Waals surface area contributed by atoms with E-state index in [0.717, 1.165) is 6.42 Å². The molecule has 0 radical (unpaired) electrons. The van der Waals surface area contributed by atoms with Crippen LogP contribution in [0.4, 0.5) is 5.82 Å². The van der Waals surface area contributed by atoms with Crippen molar-refractivity contribution in [3.05, 3.63) is 17.3 Å². The van der Waals surface area contributed by atoms with Crippen LogP contribution < -0.4 is 5.73 Å². The highest BCUT2D eigenvalue weighted by molar-refractivity contribution is 5.96. The van der Waals surface area contributed by atoms with E-state index in [0.29, 0.717) is 13.1 Å². The number of nitrogens with zero attached hydrogens (tertiary/aromatic N) is 3. The zero-order valence-electron chi connectivity index (χ0n) is 8.43. The lowest BCUT2D eigenvalue weighted by Gasteiger charge is -2.25. The van der Waals surface area contributed by atoms with Crippen molar-refractivity contribution in [1.82, 2.24) is 15.2 Å². The molecular formula is C9H12N4O2. The molecule has 6 heteroatoms. The molecule has 1 aromatic heterocycles. The maximum atomic E-state index is 11.9. The van der Waals surface area contributed by atoms with Crippen molar-refractivity contribution in [2.75, 3.05) is 18.8 Å². The monoisotopic (exact) mass is 208 g/mol. The van der Waals surface area contributed by atoms with E-state index < -0.39 is 0 Å². The van der Waals surface area contributed by atoms with Gasteiger partial charge >= 0.3 is 0 Å². The summed E-state index contributed by atoms with van der Waals surface area (Å²) in [6, 6.07) is 0. The molecule has 2 rings (SSSR count). The van der Waals surface area contributed by atoms with Gasteiger partial charge in [-0.1, -0.05) is 11.6 Å². The van der Waals surface area contributed by atoms with Gasteiger partial charge in [-0.25, -0.2) is 4.63 Å². The second kappa shape index (κ2) is 3.72. The number of rotatable bonds is 1. The standard InChI is InChI=1S/C9H12N4O2/c1-6-3-2-4-13(5-6)9(14)7-8(10)12-15-11-7/h3H,2,4-5H2,1H3,(H2,10,12). The lowest BCUT2D eigenvalue weighted by atomic mass is 10.1. The summed E-state index contributed by atoms with van der Waals surface area (Å²) in [6.45, 7) is 3.29. The average molecular weight is 208 g/mol. The number of hydrogen-bond donors (Lipinski definition) is 1. The number of hydrogen-bond acceptors (Lipinski definition) is 5. The molecule has 1 aromatic rings. The molecule has 15 heavy (non-hydrogen) atoms. The Balaban J connectivity index is 2.16. The molecule has 0 aromatic carbocycles. The Bertz CT molecular complexity index is 410. The van der Waals surface area contributed by atoms with Gasteiger partial charge in [0.05, 0.1) is 0 Å². The normalized spacial score (nSPS) is 16.3. The van der Waals surface area contributed by atoms with Crippen molar-refractivity contribution in [2.24, 2.45) is 0 Å². The molecule has 2 heterocycles. The van der Waals surface area contributed by atoms with E-state index in [-0.39, 0.29) is 17.4 Å². The minimum atomic E-state index is -0.221. The molecule has 0 fully saturated rings. The number of aromatic nitrogens is 2. The molecule has 0 aliphatic carbocycles. The van der Waals surface area contributed by atoms with Gasteiger partial charge in [-0.2, -0.15) is 0 Å². The first-order chi connectivity index (χ1) is 7.18. The number of nitrogens with two attached hydrogens (primary N) is 1. The Morgan fingerprint density at radius 3 is 3.00 bits per heavy atom. The Hall–Kier alpha value is -1.85. The molecule has 0 unspecified atom stereocenters. The quantitative estimate of drug-likeness (QED) is 0.677. The van der Waals surface area contributed by atoms with E-state index in [4.69, 9.17) is 5.73 Å². The van der Waals surface area contributed by atoms with Crippen LogP contribution in [0.1, 0.15) is 23.8 Å². The summed E-state index contributed by atoms with van der Waals surface area (Å²) in [6.07, 6.45) is 2.98. The molecule has 80 valence electrons. The van der Waals surface area contributed by atoms with Crippen molar-refractivity contribution in [3.63, 3.8) is 0 Å². The van der Waals surface area contributed by atoms with Gasteiger partial charge in [0.1, 0.15) is 0 Å². The Labute approximate surface area is 86.7 Å². The van der Waals surface area contributed by atoms with E-state index in [1.807, 2.05) is 6.92 Å². The molecule has 1 aliphatic heterocycles. The largest absolute Gasteiger partial charge is 0.379 e. The maximum absolute atomic E-state index is 11.9. The third-order valence-corrected chi connectivity index (χ3v) is 2.34. The topological polar surface area (TPSA) is 85.2 Å². The van der Waals surface area contributed by atoms with E-state index in [9.17, 15) is 4.79 Å². The minimum absolute atomic E-state index is 0.0483. The first-order valence-electron chi connectivity index (χ1n) is 4.71. The smallest absolute Gasteiger partial charge is 0.280 e. The van der Waals surface area contributed by atoms with Gasteiger partial charge in [-0.3, -0.25) is 4.79 Å². The molecular weight excluding hydrogens is 196 g/mol. The molecule has 2 N–H and O–H groups in total. The van der Waals surface area contributed by atoms with Crippen molar-refractivity contribution in [3.8, 4) is 0 Å². The number of carbonyl (C=O) groups is 1. The fourth-order valence-electron chi connectivity index (χ4n) is 1.58. The van der Waals surface area contributed by atoms with Gasteiger partial charge in [0.25, 0.3) is 5.91 Å². The van der Waals surface area contributed by atoms with Crippen LogP contribution in [0.25, 0.3) is 0 Å². The Morgan fingerprint density at radius 1 is 1.60 bits per heavy atom. The lowest BCUT2D eigenvalue weighted by Crippen LogP contribution is -2.35. The third kappa shape index (κ3) is 1.83. The van der Waals surface area contributed by atoms with Gasteiger partial charge in [-0.05, 0) is 23.7 Å². The molecule has 0 saturated heterocycles. The molecule has 0 spiro atoms. The van der Waals surface area contributed by atoms with Crippen LogP contribution in [-0.2, 0) is 0 Å². The molecule has 0 saturated carbocycles. The second-order valence-corrected chi connectivity index (χ2v) is 3.56. The first-order valence-corrected chi connectivity index (χ1v) is 4.71. The van der Waals surface area contributed by atoms with Crippen LogP contribution >= 0.6 is 0 Å². The van der Waals surface area contributed by atoms with Gasteiger partial charge in [0, 0.05) is 13.1 Å². The van der Waals surface area contributed by atoms with E-state index in [1.54, 1.807) is 4.90 Å². The fourth-order valence-corrected chi connectivity index (χ4v) is 1.58. The molecule has 1 amide bonds.